The van der Waals surface area contributed by atoms with Crippen LogP contribution in [0.5, 0.6) is 5.75 Å². The molecule has 0 aliphatic carbocycles. The lowest BCUT2D eigenvalue weighted by molar-refractivity contribution is 0.304. The van der Waals surface area contributed by atoms with Gasteiger partial charge in [0.15, 0.2) is 0 Å². The molecule has 0 radical (unpaired) electrons. The first-order valence-electron chi connectivity index (χ1n) is 6.26. The molecular formula is C16H16ClNOS. The highest BCUT2D eigenvalue weighted by Gasteiger charge is 2.09. The number of thiocarbonyl (C=S) groups is 1. The number of aryl methyl sites for hydroxylation is 2. The number of nitrogens with two attached hydrogens (primary N) is 1. The van der Waals surface area contributed by atoms with Crippen LogP contribution < -0.4 is 10.5 Å². The molecule has 0 aliphatic heterocycles. The monoisotopic (exact) mass is 305 g/mol. The van der Waals surface area contributed by atoms with Crippen molar-refractivity contribution in [1.29, 1.82) is 0 Å². The van der Waals surface area contributed by atoms with E-state index < -0.39 is 0 Å². The van der Waals surface area contributed by atoms with Crippen LogP contribution in [-0.2, 0) is 6.61 Å². The van der Waals surface area contributed by atoms with E-state index in [-0.39, 0.29) is 0 Å². The quantitative estimate of drug-likeness (QED) is 0.861. The lowest BCUT2D eigenvalue weighted by atomic mass is 10.0. The zero-order valence-corrected chi connectivity index (χ0v) is 13.0. The molecule has 0 unspecified atom stereocenters. The molecule has 0 spiro atoms. The molecule has 0 fully saturated rings. The summed E-state index contributed by atoms with van der Waals surface area (Å²) in [6.07, 6.45) is 0. The number of hydrogen-bond acceptors (Lipinski definition) is 2. The van der Waals surface area contributed by atoms with Crippen LogP contribution in [0.25, 0.3) is 0 Å². The van der Waals surface area contributed by atoms with Gasteiger partial charge >= 0.3 is 0 Å². The molecule has 0 saturated carbocycles. The van der Waals surface area contributed by atoms with Crippen LogP contribution in [0.15, 0.2) is 36.4 Å². The minimum atomic E-state index is 0.304. The summed E-state index contributed by atoms with van der Waals surface area (Å²) >= 11 is 11.0. The van der Waals surface area contributed by atoms with E-state index in [1.54, 1.807) is 18.2 Å². The Hall–Kier alpha value is -1.58. The lowest BCUT2D eigenvalue weighted by Gasteiger charge is -2.14. The Morgan fingerprint density at radius 1 is 1.20 bits per heavy atom. The first-order chi connectivity index (χ1) is 9.49. The average Bonchev–Trinajstić information content (AvgIpc) is 2.37. The fourth-order valence-electron chi connectivity index (χ4n) is 2.05. The van der Waals surface area contributed by atoms with E-state index in [9.17, 15) is 0 Å². The van der Waals surface area contributed by atoms with Gasteiger partial charge in [-0.3, -0.25) is 0 Å². The summed E-state index contributed by atoms with van der Waals surface area (Å²) in [5.41, 5.74) is 9.97. The largest absolute Gasteiger partial charge is 0.488 e. The second-order valence-corrected chi connectivity index (χ2v) is 5.54. The maximum atomic E-state index is 6.00. The van der Waals surface area contributed by atoms with E-state index in [1.165, 1.54) is 16.7 Å². The Bertz CT molecular complexity index is 635. The third-order valence-electron chi connectivity index (χ3n) is 3.23. The van der Waals surface area contributed by atoms with Gasteiger partial charge in [-0.05, 0) is 48.7 Å². The molecule has 20 heavy (non-hydrogen) atoms. The number of rotatable bonds is 4. The van der Waals surface area contributed by atoms with Crippen molar-refractivity contribution in [3.8, 4) is 5.75 Å². The smallest absolute Gasteiger partial charge is 0.131 e. The summed E-state index contributed by atoms with van der Waals surface area (Å²) in [5, 5.41) is 0.599. The molecule has 0 atom stereocenters. The third-order valence-corrected chi connectivity index (χ3v) is 3.68. The normalized spacial score (nSPS) is 10.3. The maximum absolute atomic E-state index is 6.00. The Balaban J connectivity index is 2.27. The number of hydrogen-bond donors (Lipinski definition) is 1. The van der Waals surface area contributed by atoms with Crippen molar-refractivity contribution < 1.29 is 4.74 Å². The van der Waals surface area contributed by atoms with Crippen molar-refractivity contribution in [2.45, 2.75) is 20.5 Å². The number of benzene rings is 2. The van der Waals surface area contributed by atoms with Gasteiger partial charge < -0.3 is 10.5 Å². The fraction of sp³-hybridized carbons (Fsp3) is 0.188. The maximum Gasteiger partial charge on any atom is 0.131 e. The molecular weight excluding hydrogens is 290 g/mol. The van der Waals surface area contributed by atoms with E-state index in [1.807, 2.05) is 6.07 Å². The number of ether oxygens (including phenoxy) is 1. The molecule has 0 aromatic heterocycles. The van der Waals surface area contributed by atoms with Crippen molar-refractivity contribution >= 4 is 28.8 Å². The van der Waals surface area contributed by atoms with Gasteiger partial charge in [-0.1, -0.05) is 42.0 Å². The van der Waals surface area contributed by atoms with E-state index in [2.05, 4.69) is 26.0 Å². The number of halogens is 1. The van der Waals surface area contributed by atoms with Gasteiger partial charge in [0.05, 0.1) is 5.56 Å². The standard InChI is InChI=1S/C16H16ClNOS/c1-10-4-3-5-11(2)14(10)9-19-15-8-12(17)6-7-13(15)16(18)20/h3-8H,9H2,1-2H3,(H2,18,20). The van der Waals surface area contributed by atoms with Crippen molar-refractivity contribution in [2.24, 2.45) is 5.73 Å². The third kappa shape index (κ3) is 3.30. The summed E-state index contributed by atoms with van der Waals surface area (Å²) in [6.45, 7) is 4.60. The Labute approximate surface area is 129 Å². The first-order valence-corrected chi connectivity index (χ1v) is 7.05. The molecule has 0 saturated heterocycles. The SMILES string of the molecule is Cc1cccc(C)c1COc1cc(Cl)ccc1C(N)=S. The predicted molar refractivity (Wildman–Crippen MR) is 87.6 cm³/mol. The average molecular weight is 306 g/mol. The molecule has 2 aromatic carbocycles. The van der Waals surface area contributed by atoms with Gasteiger partial charge in [-0.15, -0.1) is 0 Å². The zero-order chi connectivity index (χ0) is 14.7. The highest BCUT2D eigenvalue weighted by atomic mass is 35.5. The van der Waals surface area contributed by atoms with E-state index in [4.69, 9.17) is 34.3 Å². The fourth-order valence-corrected chi connectivity index (χ4v) is 2.38. The van der Waals surface area contributed by atoms with Crippen molar-refractivity contribution in [3.63, 3.8) is 0 Å². The molecule has 0 heterocycles. The summed E-state index contributed by atoms with van der Waals surface area (Å²) in [6, 6.07) is 11.4. The topological polar surface area (TPSA) is 35.2 Å². The molecule has 0 aliphatic rings. The predicted octanol–water partition coefficient (Wildman–Crippen LogP) is 4.17. The molecule has 2 rings (SSSR count). The van der Waals surface area contributed by atoms with Gasteiger partial charge in [-0.25, -0.2) is 0 Å². The molecule has 4 heteroatoms. The highest BCUT2D eigenvalue weighted by molar-refractivity contribution is 7.80. The first kappa shape index (κ1) is 14.8. The van der Waals surface area contributed by atoms with Crippen LogP contribution in [-0.4, -0.2) is 4.99 Å². The van der Waals surface area contributed by atoms with Crippen LogP contribution in [0.3, 0.4) is 0 Å². The van der Waals surface area contributed by atoms with Crippen LogP contribution in [0.2, 0.25) is 5.02 Å². The summed E-state index contributed by atoms with van der Waals surface area (Å²) in [5.74, 6) is 0.618. The zero-order valence-electron chi connectivity index (χ0n) is 11.4. The van der Waals surface area contributed by atoms with Gasteiger partial charge in [0.2, 0.25) is 0 Å². The second-order valence-electron chi connectivity index (χ2n) is 4.66. The van der Waals surface area contributed by atoms with Crippen LogP contribution in [0.4, 0.5) is 0 Å². The summed E-state index contributed by atoms with van der Waals surface area (Å²) < 4.78 is 5.88. The van der Waals surface area contributed by atoms with E-state index in [0.29, 0.717) is 27.9 Å². The Morgan fingerprint density at radius 3 is 2.45 bits per heavy atom. The van der Waals surface area contributed by atoms with E-state index >= 15 is 0 Å². The Morgan fingerprint density at radius 2 is 1.85 bits per heavy atom. The molecule has 2 N–H and O–H groups in total. The van der Waals surface area contributed by atoms with Crippen molar-refractivity contribution in [1.82, 2.24) is 0 Å². The molecule has 104 valence electrons. The van der Waals surface area contributed by atoms with Gasteiger partial charge in [0.1, 0.15) is 17.3 Å². The van der Waals surface area contributed by atoms with Crippen molar-refractivity contribution in [3.05, 3.63) is 63.7 Å². The molecule has 2 nitrogen and oxygen atoms in total. The second kappa shape index (κ2) is 6.25. The summed E-state index contributed by atoms with van der Waals surface area (Å²) in [4.78, 5) is 0.304. The molecule has 2 aromatic rings. The van der Waals surface area contributed by atoms with Crippen molar-refractivity contribution in [2.75, 3.05) is 0 Å². The minimum Gasteiger partial charge on any atom is -0.488 e. The Kier molecular flexibility index (Phi) is 4.63. The summed E-state index contributed by atoms with van der Waals surface area (Å²) in [7, 11) is 0. The highest BCUT2D eigenvalue weighted by Crippen LogP contribution is 2.25. The lowest BCUT2D eigenvalue weighted by Crippen LogP contribution is -2.12. The van der Waals surface area contributed by atoms with Crippen LogP contribution in [0, 0.1) is 13.8 Å². The van der Waals surface area contributed by atoms with Gasteiger partial charge in [-0.2, -0.15) is 0 Å². The van der Waals surface area contributed by atoms with Gasteiger partial charge in [0, 0.05) is 5.02 Å². The van der Waals surface area contributed by atoms with Crippen LogP contribution >= 0.6 is 23.8 Å². The molecule has 0 bridgehead atoms. The minimum absolute atomic E-state index is 0.304. The molecule has 0 amide bonds. The van der Waals surface area contributed by atoms with E-state index in [0.717, 1.165) is 0 Å². The van der Waals surface area contributed by atoms with Crippen LogP contribution in [0.1, 0.15) is 22.3 Å². The van der Waals surface area contributed by atoms with Gasteiger partial charge in [0.25, 0.3) is 0 Å².